The van der Waals surface area contributed by atoms with Crippen molar-refractivity contribution in [2.45, 2.75) is 44.7 Å². The highest BCUT2D eigenvalue weighted by Crippen LogP contribution is 2.38. The molecule has 2 aliphatic rings. The first-order valence-electron chi connectivity index (χ1n) is 9.51. The smallest absolute Gasteiger partial charge is 0.326 e. The molecule has 2 N–H and O–H groups in total. The van der Waals surface area contributed by atoms with E-state index in [1.54, 1.807) is 19.2 Å². The van der Waals surface area contributed by atoms with E-state index in [-0.39, 0.29) is 30.4 Å². The van der Waals surface area contributed by atoms with Gasteiger partial charge in [0.25, 0.3) is 11.8 Å². The van der Waals surface area contributed by atoms with Gasteiger partial charge in [0.05, 0.1) is 6.67 Å². The molecule has 1 saturated carbocycles. The first-order valence-corrected chi connectivity index (χ1v) is 9.51. The third-order valence-electron chi connectivity index (χ3n) is 5.78. The number of urea groups is 1. The van der Waals surface area contributed by atoms with Gasteiger partial charge in [-0.25, -0.2) is 9.69 Å². The van der Waals surface area contributed by atoms with Gasteiger partial charge in [-0.3, -0.25) is 14.5 Å². The van der Waals surface area contributed by atoms with Crippen molar-refractivity contribution in [3.05, 3.63) is 35.4 Å². The largest absolute Gasteiger partial charge is 0.355 e. The van der Waals surface area contributed by atoms with Crippen LogP contribution in [0.2, 0.25) is 0 Å². The predicted molar refractivity (Wildman–Crippen MR) is 102 cm³/mol. The van der Waals surface area contributed by atoms with E-state index in [1.807, 2.05) is 24.1 Å². The van der Waals surface area contributed by atoms with Gasteiger partial charge in [-0.1, -0.05) is 31.9 Å². The average Bonchev–Trinajstić information content (AvgIpc) is 2.89. The van der Waals surface area contributed by atoms with Crippen LogP contribution in [0.5, 0.6) is 0 Å². The van der Waals surface area contributed by atoms with Crippen LogP contribution in [0.15, 0.2) is 24.3 Å². The van der Waals surface area contributed by atoms with Crippen LogP contribution in [0.3, 0.4) is 0 Å². The van der Waals surface area contributed by atoms with E-state index in [1.165, 1.54) is 4.90 Å². The lowest BCUT2D eigenvalue weighted by molar-refractivity contribution is -0.135. The molecule has 0 bridgehead atoms. The molecule has 1 saturated heterocycles. The molecule has 2 atom stereocenters. The van der Waals surface area contributed by atoms with Gasteiger partial charge in [0, 0.05) is 19.2 Å². The van der Waals surface area contributed by atoms with Gasteiger partial charge >= 0.3 is 6.03 Å². The van der Waals surface area contributed by atoms with Gasteiger partial charge in [0.2, 0.25) is 0 Å². The van der Waals surface area contributed by atoms with Crippen LogP contribution in [0.4, 0.5) is 4.79 Å². The van der Waals surface area contributed by atoms with Gasteiger partial charge < -0.3 is 10.6 Å². The number of carbonyl (C=O) groups excluding carboxylic acids is 3. The van der Waals surface area contributed by atoms with Crippen molar-refractivity contribution in [1.29, 1.82) is 0 Å². The minimum atomic E-state index is -0.717. The quantitative estimate of drug-likeness (QED) is 0.774. The molecule has 0 aromatic heterocycles. The van der Waals surface area contributed by atoms with Crippen molar-refractivity contribution < 1.29 is 14.4 Å². The Hall–Kier alpha value is -2.41. The van der Waals surface area contributed by atoms with Crippen LogP contribution in [-0.4, -0.2) is 53.9 Å². The number of imide groups is 1. The molecular formula is C20H28N4O3. The molecule has 0 radical (unpaired) electrons. The Kier molecular flexibility index (Phi) is 5.51. The number of benzene rings is 1. The van der Waals surface area contributed by atoms with E-state index in [9.17, 15) is 14.4 Å². The summed E-state index contributed by atoms with van der Waals surface area (Å²) in [5.41, 5.74) is 0.898. The zero-order valence-electron chi connectivity index (χ0n) is 16.2. The SMILES string of the molecule is CNC(=O)c1ccc(CN(C)CN2C(=O)N[C@]3(CCCC[C@@H]3C)C2=O)cc1. The number of amides is 4. The third kappa shape index (κ3) is 3.69. The van der Waals surface area contributed by atoms with Crippen molar-refractivity contribution in [3.8, 4) is 0 Å². The molecule has 1 aliphatic carbocycles. The van der Waals surface area contributed by atoms with Gasteiger partial charge in [-0.15, -0.1) is 0 Å². The molecule has 27 heavy (non-hydrogen) atoms. The Labute approximate surface area is 160 Å². The standard InChI is InChI=1S/C20H28N4O3/c1-14-6-4-5-11-20(14)18(26)24(19(27)22-20)13-23(3)12-15-7-9-16(10-8-15)17(25)21-2/h7-10,14H,4-6,11-13H2,1-3H3,(H,21,25)(H,22,27)/t14-,20-/m0/s1. The summed E-state index contributed by atoms with van der Waals surface area (Å²) < 4.78 is 0. The van der Waals surface area contributed by atoms with E-state index in [4.69, 9.17) is 0 Å². The molecule has 1 heterocycles. The number of rotatable bonds is 5. The van der Waals surface area contributed by atoms with Gasteiger partial charge in [0.15, 0.2) is 0 Å². The molecule has 146 valence electrons. The lowest BCUT2D eigenvalue weighted by atomic mass is 9.73. The molecule has 2 fully saturated rings. The zero-order chi connectivity index (χ0) is 19.6. The Morgan fingerprint density at radius 3 is 2.63 bits per heavy atom. The summed E-state index contributed by atoms with van der Waals surface area (Å²) in [6, 6.07) is 7.02. The maximum atomic E-state index is 13.0. The zero-order valence-corrected chi connectivity index (χ0v) is 16.2. The highest BCUT2D eigenvalue weighted by atomic mass is 16.2. The number of carbonyl (C=O) groups is 3. The van der Waals surface area contributed by atoms with E-state index in [0.29, 0.717) is 12.1 Å². The summed E-state index contributed by atoms with van der Waals surface area (Å²) in [6.45, 7) is 2.88. The van der Waals surface area contributed by atoms with Gasteiger partial charge in [0.1, 0.15) is 5.54 Å². The fourth-order valence-corrected chi connectivity index (χ4v) is 4.13. The first-order chi connectivity index (χ1) is 12.9. The van der Waals surface area contributed by atoms with Crippen molar-refractivity contribution in [1.82, 2.24) is 20.4 Å². The van der Waals surface area contributed by atoms with E-state index in [2.05, 4.69) is 17.6 Å². The molecule has 1 spiro atoms. The molecular weight excluding hydrogens is 344 g/mol. The number of nitrogens with zero attached hydrogens (tertiary/aromatic N) is 2. The van der Waals surface area contributed by atoms with Crippen LogP contribution in [0, 0.1) is 5.92 Å². The van der Waals surface area contributed by atoms with Crippen LogP contribution >= 0.6 is 0 Å². The van der Waals surface area contributed by atoms with E-state index >= 15 is 0 Å². The second-order valence-electron chi connectivity index (χ2n) is 7.71. The minimum Gasteiger partial charge on any atom is -0.355 e. The number of hydrogen-bond donors (Lipinski definition) is 2. The average molecular weight is 372 g/mol. The fraction of sp³-hybridized carbons (Fsp3) is 0.550. The number of hydrogen-bond acceptors (Lipinski definition) is 4. The summed E-state index contributed by atoms with van der Waals surface area (Å²) in [7, 11) is 3.48. The lowest BCUT2D eigenvalue weighted by Crippen LogP contribution is -2.54. The van der Waals surface area contributed by atoms with Crippen molar-refractivity contribution >= 4 is 17.8 Å². The van der Waals surface area contributed by atoms with Gasteiger partial charge in [-0.05, 0) is 43.5 Å². The highest BCUT2D eigenvalue weighted by Gasteiger charge is 2.54. The van der Waals surface area contributed by atoms with Crippen LogP contribution < -0.4 is 10.6 Å². The monoisotopic (exact) mass is 372 g/mol. The highest BCUT2D eigenvalue weighted by molar-refractivity contribution is 6.07. The molecule has 7 heteroatoms. The Morgan fingerprint density at radius 1 is 1.30 bits per heavy atom. The topological polar surface area (TPSA) is 81.8 Å². The summed E-state index contributed by atoms with van der Waals surface area (Å²) in [5.74, 6) is -0.0575. The fourth-order valence-electron chi connectivity index (χ4n) is 4.13. The molecule has 1 aromatic carbocycles. The van der Waals surface area contributed by atoms with Crippen LogP contribution in [-0.2, 0) is 11.3 Å². The maximum Gasteiger partial charge on any atom is 0.326 e. The molecule has 0 unspecified atom stereocenters. The molecule has 3 rings (SSSR count). The third-order valence-corrected chi connectivity index (χ3v) is 5.78. The summed E-state index contributed by atoms with van der Waals surface area (Å²) in [4.78, 5) is 40.4. The summed E-state index contributed by atoms with van der Waals surface area (Å²) >= 11 is 0. The Bertz CT molecular complexity index is 733. The lowest BCUT2D eigenvalue weighted by Gasteiger charge is -2.37. The van der Waals surface area contributed by atoms with Crippen molar-refractivity contribution in [3.63, 3.8) is 0 Å². The maximum absolute atomic E-state index is 13.0. The second-order valence-corrected chi connectivity index (χ2v) is 7.71. The second kappa shape index (κ2) is 7.68. The molecule has 1 aliphatic heterocycles. The molecule has 1 aromatic rings. The predicted octanol–water partition coefficient (Wildman–Crippen LogP) is 1.94. The van der Waals surface area contributed by atoms with Crippen molar-refractivity contribution in [2.24, 2.45) is 5.92 Å². The van der Waals surface area contributed by atoms with Crippen LogP contribution in [0.1, 0.15) is 48.5 Å². The van der Waals surface area contributed by atoms with E-state index in [0.717, 1.165) is 31.2 Å². The first kappa shape index (κ1) is 19.4. The number of nitrogens with one attached hydrogen (secondary N) is 2. The van der Waals surface area contributed by atoms with E-state index < -0.39 is 5.54 Å². The Morgan fingerprint density at radius 2 is 2.00 bits per heavy atom. The van der Waals surface area contributed by atoms with Crippen molar-refractivity contribution in [2.75, 3.05) is 20.8 Å². The molecule has 7 nitrogen and oxygen atoms in total. The molecule has 4 amide bonds. The van der Waals surface area contributed by atoms with Gasteiger partial charge in [-0.2, -0.15) is 0 Å². The van der Waals surface area contributed by atoms with Crippen LogP contribution in [0.25, 0.3) is 0 Å². The summed E-state index contributed by atoms with van der Waals surface area (Å²) in [6.07, 6.45) is 3.77. The summed E-state index contributed by atoms with van der Waals surface area (Å²) in [5, 5.41) is 5.57. The Balaban J connectivity index is 1.64. The normalized spacial score (nSPS) is 25.2. The minimum absolute atomic E-state index is 0.0958.